The Bertz CT molecular complexity index is 780. The van der Waals surface area contributed by atoms with E-state index in [4.69, 9.17) is 11.6 Å². The van der Waals surface area contributed by atoms with Crippen molar-refractivity contribution in [3.63, 3.8) is 0 Å². The Morgan fingerprint density at radius 1 is 1.12 bits per heavy atom. The van der Waals surface area contributed by atoms with Crippen LogP contribution in [0.1, 0.15) is 38.5 Å². The SMILES string of the molecule is O=C(N[C@@H]1C[C@@H]2CC[C@@H]1C2)[C@@H]1CCCN(S(=O)(=O)c2ccc(Cl)cc2)C1. The molecule has 5 nitrogen and oxygen atoms in total. The van der Waals surface area contributed by atoms with Crippen molar-refractivity contribution in [2.24, 2.45) is 17.8 Å². The number of sulfonamides is 1. The number of nitrogens with one attached hydrogen (secondary N) is 1. The summed E-state index contributed by atoms with van der Waals surface area (Å²) in [5, 5.41) is 3.73. The zero-order chi connectivity index (χ0) is 18.3. The summed E-state index contributed by atoms with van der Waals surface area (Å²) in [6.45, 7) is 0.723. The first-order valence-electron chi connectivity index (χ1n) is 9.49. The summed E-state index contributed by atoms with van der Waals surface area (Å²) in [6, 6.07) is 6.51. The molecule has 1 heterocycles. The van der Waals surface area contributed by atoms with Gasteiger partial charge in [-0.3, -0.25) is 4.79 Å². The minimum absolute atomic E-state index is 0.0264. The summed E-state index contributed by atoms with van der Waals surface area (Å²) in [4.78, 5) is 13.0. The van der Waals surface area contributed by atoms with Gasteiger partial charge < -0.3 is 5.32 Å². The van der Waals surface area contributed by atoms with Crippen LogP contribution >= 0.6 is 11.6 Å². The Kier molecular flexibility index (Phi) is 5.01. The van der Waals surface area contributed by atoms with E-state index in [0.29, 0.717) is 29.9 Å². The minimum Gasteiger partial charge on any atom is -0.353 e. The molecule has 0 aromatic heterocycles. The number of nitrogens with zero attached hydrogens (tertiary/aromatic N) is 1. The number of hydrogen-bond acceptors (Lipinski definition) is 3. The molecule has 2 aliphatic carbocycles. The third-order valence-electron chi connectivity index (χ3n) is 6.27. The number of halogens is 1. The normalized spacial score (nSPS) is 31.9. The summed E-state index contributed by atoms with van der Waals surface area (Å²) >= 11 is 5.86. The van der Waals surface area contributed by atoms with Crippen molar-refractivity contribution in [3.8, 4) is 0 Å². The topological polar surface area (TPSA) is 66.5 Å². The molecule has 7 heteroatoms. The van der Waals surface area contributed by atoms with Gasteiger partial charge in [-0.1, -0.05) is 18.0 Å². The van der Waals surface area contributed by atoms with Crippen LogP contribution in [0.3, 0.4) is 0 Å². The molecule has 0 unspecified atom stereocenters. The van der Waals surface area contributed by atoms with Crippen molar-refractivity contribution in [1.82, 2.24) is 9.62 Å². The van der Waals surface area contributed by atoms with Gasteiger partial charge >= 0.3 is 0 Å². The van der Waals surface area contributed by atoms with Gasteiger partial charge in [0.1, 0.15) is 0 Å². The molecule has 4 atom stereocenters. The van der Waals surface area contributed by atoms with Crippen LogP contribution in [0.15, 0.2) is 29.2 Å². The fourth-order valence-electron chi connectivity index (χ4n) is 4.85. The highest BCUT2D eigenvalue weighted by Gasteiger charge is 2.41. The fourth-order valence-corrected chi connectivity index (χ4v) is 6.50. The molecule has 0 radical (unpaired) electrons. The average Bonchev–Trinajstić information content (AvgIpc) is 3.25. The molecule has 4 rings (SSSR count). The Morgan fingerprint density at radius 3 is 2.54 bits per heavy atom. The van der Waals surface area contributed by atoms with Crippen molar-refractivity contribution in [2.75, 3.05) is 13.1 Å². The van der Waals surface area contributed by atoms with Crippen molar-refractivity contribution < 1.29 is 13.2 Å². The van der Waals surface area contributed by atoms with Gasteiger partial charge in [-0.15, -0.1) is 0 Å². The maximum absolute atomic E-state index is 12.9. The number of carbonyl (C=O) groups is 1. The van der Waals surface area contributed by atoms with E-state index < -0.39 is 10.0 Å². The molecule has 1 amide bonds. The fraction of sp³-hybridized carbons (Fsp3) is 0.632. The first-order valence-corrected chi connectivity index (χ1v) is 11.3. The van der Waals surface area contributed by atoms with E-state index in [0.717, 1.165) is 18.8 Å². The van der Waals surface area contributed by atoms with Crippen LogP contribution in [0.2, 0.25) is 5.02 Å². The van der Waals surface area contributed by atoms with Crippen LogP contribution in [-0.4, -0.2) is 37.8 Å². The van der Waals surface area contributed by atoms with Gasteiger partial charge in [-0.25, -0.2) is 8.42 Å². The Labute approximate surface area is 160 Å². The molecule has 3 aliphatic rings. The summed E-state index contributed by atoms with van der Waals surface area (Å²) in [7, 11) is -3.59. The van der Waals surface area contributed by atoms with E-state index in [2.05, 4.69) is 5.32 Å². The summed E-state index contributed by atoms with van der Waals surface area (Å²) < 4.78 is 27.2. The zero-order valence-corrected chi connectivity index (χ0v) is 16.3. The van der Waals surface area contributed by atoms with Crippen LogP contribution in [0.5, 0.6) is 0 Å². The van der Waals surface area contributed by atoms with Crippen LogP contribution in [0.4, 0.5) is 0 Å². The quantitative estimate of drug-likeness (QED) is 0.850. The van der Waals surface area contributed by atoms with Crippen molar-refractivity contribution in [3.05, 3.63) is 29.3 Å². The van der Waals surface area contributed by atoms with Crippen LogP contribution < -0.4 is 5.32 Å². The lowest BCUT2D eigenvalue weighted by molar-refractivity contribution is -0.127. The number of fused-ring (bicyclic) bond motifs is 2. The number of carbonyl (C=O) groups excluding carboxylic acids is 1. The zero-order valence-electron chi connectivity index (χ0n) is 14.7. The first kappa shape index (κ1) is 18.3. The lowest BCUT2D eigenvalue weighted by Gasteiger charge is -2.33. The highest BCUT2D eigenvalue weighted by Crippen LogP contribution is 2.44. The molecule has 142 valence electrons. The highest BCUT2D eigenvalue weighted by molar-refractivity contribution is 7.89. The lowest BCUT2D eigenvalue weighted by Crippen LogP contribution is -2.48. The number of hydrogen-bond donors (Lipinski definition) is 1. The van der Waals surface area contributed by atoms with Crippen molar-refractivity contribution in [2.45, 2.75) is 49.5 Å². The van der Waals surface area contributed by atoms with Gasteiger partial charge in [0, 0.05) is 24.2 Å². The van der Waals surface area contributed by atoms with Crippen molar-refractivity contribution >= 4 is 27.5 Å². The van der Waals surface area contributed by atoms with Gasteiger partial charge in [0.15, 0.2) is 0 Å². The summed E-state index contributed by atoms with van der Waals surface area (Å²) in [5.41, 5.74) is 0. The summed E-state index contributed by atoms with van der Waals surface area (Å²) in [6.07, 6.45) is 6.31. The van der Waals surface area contributed by atoms with E-state index in [1.54, 1.807) is 12.1 Å². The molecule has 0 spiro atoms. The Morgan fingerprint density at radius 2 is 1.88 bits per heavy atom. The molecule has 1 N–H and O–H groups in total. The molecule has 1 aromatic carbocycles. The van der Waals surface area contributed by atoms with Crippen LogP contribution in [0.25, 0.3) is 0 Å². The first-order chi connectivity index (χ1) is 12.4. The largest absolute Gasteiger partial charge is 0.353 e. The third-order valence-corrected chi connectivity index (χ3v) is 8.40. The maximum Gasteiger partial charge on any atom is 0.243 e. The molecule has 3 fully saturated rings. The smallest absolute Gasteiger partial charge is 0.243 e. The van der Waals surface area contributed by atoms with E-state index in [9.17, 15) is 13.2 Å². The summed E-state index contributed by atoms with van der Waals surface area (Å²) in [5.74, 6) is 1.17. The highest BCUT2D eigenvalue weighted by atomic mass is 35.5. The van der Waals surface area contributed by atoms with Crippen LogP contribution in [-0.2, 0) is 14.8 Å². The molecular weight excluding hydrogens is 372 g/mol. The third kappa shape index (κ3) is 3.51. The Hall–Kier alpha value is -1.11. The van der Waals surface area contributed by atoms with E-state index in [1.165, 1.54) is 35.7 Å². The Balaban J connectivity index is 1.42. The monoisotopic (exact) mass is 396 g/mol. The predicted octanol–water partition coefficient (Wildman–Crippen LogP) is 3.05. The maximum atomic E-state index is 12.9. The lowest BCUT2D eigenvalue weighted by atomic mass is 9.93. The predicted molar refractivity (Wildman–Crippen MR) is 100 cm³/mol. The molecule has 1 aliphatic heterocycles. The van der Waals surface area contributed by atoms with Gasteiger partial charge in [-0.05, 0) is 68.2 Å². The average molecular weight is 397 g/mol. The second-order valence-electron chi connectivity index (χ2n) is 7.95. The number of rotatable bonds is 4. The van der Waals surface area contributed by atoms with Gasteiger partial charge in [-0.2, -0.15) is 4.31 Å². The molecule has 1 aromatic rings. The van der Waals surface area contributed by atoms with E-state index in [1.807, 2.05) is 0 Å². The van der Waals surface area contributed by atoms with Gasteiger partial charge in [0.05, 0.1) is 10.8 Å². The molecule has 2 bridgehead atoms. The van der Waals surface area contributed by atoms with Crippen LogP contribution in [0, 0.1) is 17.8 Å². The van der Waals surface area contributed by atoms with E-state index >= 15 is 0 Å². The van der Waals surface area contributed by atoms with Gasteiger partial charge in [0.2, 0.25) is 15.9 Å². The van der Waals surface area contributed by atoms with Gasteiger partial charge in [0.25, 0.3) is 0 Å². The standard InChI is InChI=1S/C19H25ClN2O3S/c20-16-5-7-17(8-6-16)26(24,25)22-9-1-2-15(12-22)19(23)21-18-11-13-3-4-14(18)10-13/h5-8,13-15,18H,1-4,9-12H2,(H,21,23)/t13-,14-,15-,18-/m1/s1. The van der Waals surface area contributed by atoms with Crippen molar-refractivity contribution in [1.29, 1.82) is 0 Å². The second-order valence-corrected chi connectivity index (χ2v) is 10.3. The molecule has 26 heavy (non-hydrogen) atoms. The van der Waals surface area contributed by atoms with E-state index in [-0.39, 0.29) is 23.3 Å². The number of piperidine rings is 1. The number of amides is 1. The molecule has 2 saturated carbocycles. The minimum atomic E-state index is -3.59. The molecule has 1 saturated heterocycles. The second kappa shape index (κ2) is 7.13. The number of benzene rings is 1. The molecular formula is C19H25ClN2O3S.